The van der Waals surface area contributed by atoms with Gasteiger partial charge in [0.15, 0.2) is 0 Å². The highest BCUT2D eigenvalue weighted by atomic mass is 35.5. The van der Waals surface area contributed by atoms with Crippen LogP contribution >= 0.6 is 11.6 Å². The Morgan fingerprint density at radius 3 is 2.46 bits per heavy atom. The standard InChI is InChI=1S/C22H27ClF3N3O7S/c1-15(28-37(32,33)29(21(30)31)14-16-6-4-3-5-7-16)19(8-9-35-11-10-34-2)36-20-18(23)12-17(13-27-20)22(24,25)26/h3-7,12-13,15,19,28H,8-11,14H2,1-2H3,(H,30,31). The second-order valence-corrected chi connectivity index (χ2v) is 9.78. The largest absolute Gasteiger partial charge is 0.472 e. The highest BCUT2D eigenvalue weighted by molar-refractivity contribution is 7.87. The Bertz CT molecular complexity index is 1120. The molecule has 2 aromatic rings. The first kappa shape index (κ1) is 30.6. The van der Waals surface area contributed by atoms with Gasteiger partial charge < -0.3 is 19.3 Å². The van der Waals surface area contributed by atoms with Gasteiger partial charge in [0, 0.05) is 19.7 Å². The zero-order valence-electron chi connectivity index (χ0n) is 19.9. The van der Waals surface area contributed by atoms with E-state index in [0.717, 1.165) is 0 Å². The molecule has 1 aromatic heterocycles. The van der Waals surface area contributed by atoms with Crippen LogP contribution in [0.5, 0.6) is 5.88 Å². The molecule has 0 aliphatic rings. The Morgan fingerprint density at radius 1 is 1.22 bits per heavy atom. The molecule has 206 valence electrons. The molecule has 0 aliphatic carbocycles. The topological polar surface area (TPSA) is 127 Å². The number of methoxy groups -OCH3 is 1. The van der Waals surface area contributed by atoms with Crippen LogP contribution in [-0.2, 0) is 32.4 Å². The molecule has 2 atom stereocenters. The van der Waals surface area contributed by atoms with Crippen LogP contribution in [0.4, 0.5) is 18.0 Å². The molecule has 0 spiro atoms. The minimum Gasteiger partial charge on any atom is -0.472 e. The van der Waals surface area contributed by atoms with E-state index >= 15 is 0 Å². The quantitative estimate of drug-likeness (QED) is 0.327. The molecule has 0 saturated carbocycles. The van der Waals surface area contributed by atoms with Gasteiger partial charge in [0.1, 0.15) is 11.1 Å². The van der Waals surface area contributed by atoms with Gasteiger partial charge in [-0.1, -0.05) is 41.9 Å². The lowest BCUT2D eigenvalue weighted by molar-refractivity contribution is -0.137. The maximum atomic E-state index is 12.9. The minimum atomic E-state index is -4.67. The van der Waals surface area contributed by atoms with E-state index in [1.54, 1.807) is 30.3 Å². The second kappa shape index (κ2) is 13.8. The molecule has 0 radical (unpaired) electrons. The summed E-state index contributed by atoms with van der Waals surface area (Å²) in [5, 5.41) is 9.09. The number of hydrogen-bond donors (Lipinski definition) is 2. The van der Waals surface area contributed by atoms with Gasteiger partial charge in [-0.2, -0.15) is 30.6 Å². The SMILES string of the molecule is COCCOCCC(Oc1ncc(C(F)(F)F)cc1Cl)C(C)NS(=O)(=O)N(Cc1ccccc1)C(=O)O. The summed E-state index contributed by atoms with van der Waals surface area (Å²) in [5.74, 6) is -0.359. The Morgan fingerprint density at radius 2 is 1.89 bits per heavy atom. The van der Waals surface area contributed by atoms with E-state index in [1.165, 1.54) is 14.0 Å². The van der Waals surface area contributed by atoms with Crippen LogP contribution in [0.15, 0.2) is 42.6 Å². The van der Waals surface area contributed by atoms with Gasteiger partial charge in [-0.05, 0) is 18.6 Å². The van der Waals surface area contributed by atoms with Crippen LogP contribution in [0, 0.1) is 0 Å². The predicted octanol–water partition coefficient (Wildman–Crippen LogP) is 3.96. The van der Waals surface area contributed by atoms with Crippen LogP contribution in [-0.4, -0.2) is 68.0 Å². The number of nitrogens with zero attached hydrogens (tertiary/aromatic N) is 2. The lowest BCUT2D eigenvalue weighted by Crippen LogP contribution is -2.51. The highest BCUT2D eigenvalue weighted by Crippen LogP contribution is 2.33. The molecule has 0 aliphatic heterocycles. The molecule has 15 heteroatoms. The van der Waals surface area contributed by atoms with Crippen molar-refractivity contribution in [2.45, 2.75) is 38.2 Å². The van der Waals surface area contributed by atoms with Crippen molar-refractivity contribution < 1.29 is 45.7 Å². The van der Waals surface area contributed by atoms with Crippen molar-refractivity contribution in [3.05, 3.63) is 58.7 Å². The molecular formula is C22H27ClF3N3O7S. The second-order valence-electron chi connectivity index (χ2n) is 7.75. The van der Waals surface area contributed by atoms with Gasteiger partial charge in [0.2, 0.25) is 5.88 Å². The van der Waals surface area contributed by atoms with Gasteiger partial charge in [-0.15, -0.1) is 0 Å². The van der Waals surface area contributed by atoms with Gasteiger partial charge in [0.25, 0.3) is 0 Å². The van der Waals surface area contributed by atoms with Crippen LogP contribution < -0.4 is 9.46 Å². The molecule has 37 heavy (non-hydrogen) atoms. The summed E-state index contributed by atoms with van der Waals surface area (Å²) in [7, 11) is -3.11. The highest BCUT2D eigenvalue weighted by Gasteiger charge is 2.34. The molecule has 2 N–H and O–H groups in total. The summed E-state index contributed by atoms with van der Waals surface area (Å²) in [6.45, 7) is 1.54. The first-order valence-corrected chi connectivity index (χ1v) is 12.7. The molecule has 10 nitrogen and oxygen atoms in total. The smallest absolute Gasteiger partial charge is 0.422 e. The maximum Gasteiger partial charge on any atom is 0.422 e. The van der Waals surface area contributed by atoms with E-state index in [9.17, 15) is 31.5 Å². The number of pyridine rings is 1. The van der Waals surface area contributed by atoms with Gasteiger partial charge in [-0.3, -0.25) is 0 Å². The van der Waals surface area contributed by atoms with E-state index in [0.29, 0.717) is 24.4 Å². The average Bonchev–Trinajstić information content (AvgIpc) is 2.82. The zero-order chi connectivity index (χ0) is 27.6. The number of alkyl halides is 3. The number of aromatic nitrogens is 1. The van der Waals surface area contributed by atoms with Crippen molar-refractivity contribution in [2.75, 3.05) is 26.9 Å². The van der Waals surface area contributed by atoms with Crippen LogP contribution in [0.1, 0.15) is 24.5 Å². The van der Waals surface area contributed by atoms with Crippen molar-refractivity contribution in [1.82, 2.24) is 14.0 Å². The van der Waals surface area contributed by atoms with Crippen molar-refractivity contribution in [3.63, 3.8) is 0 Å². The summed E-state index contributed by atoms with van der Waals surface area (Å²) in [6.07, 6.45) is -6.85. The number of carboxylic acid groups (broad SMARTS) is 1. The number of nitrogens with one attached hydrogen (secondary N) is 1. The predicted molar refractivity (Wildman–Crippen MR) is 128 cm³/mol. The number of carbonyl (C=O) groups is 1. The van der Waals surface area contributed by atoms with E-state index in [2.05, 4.69) is 9.71 Å². The van der Waals surface area contributed by atoms with E-state index < -0.39 is 51.8 Å². The fourth-order valence-electron chi connectivity index (χ4n) is 3.04. The number of benzene rings is 1. The molecular weight excluding hydrogens is 543 g/mol. The van der Waals surface area contributed by atoms with Gasteiger partial charge >= 0.3 is 22.5 Å². The summed E-state index contributed by atoms with van der Waals surface area (Å²) in [5.41, 5.74) is -0.654. The van der Waals surface area contributed by atoms with Crippen LogP contribution in [0.3, 0.4) is 0 Å². The summed E-state index contributed by atoms with van der Waals surface area (Å²) >= 11 is 5.94. The Balaban J connectivity index is 2.23. The average molecular weight is 570 g/mol. The number of amides is 1. The first-order chi connectivity index (χ1) is 17.3. The fourth-order valence-corrected chi connectivity index (χ4v) is 4.53. The molecule has 2 unspecified atom stereocenters. The first-order valence-electron chi connectivity index (χ1n) is 10.9. The van der Waals surface area contributed by atoms with E-state index in [4.69, 9.17) is 25.8 Å². The van der Waals surface area contributed by atoms with Gasteiger partial charge in [0.05, 0.1) is 38.0 Å². The normalized spacial score (nSPS) is 13.7. The Kier molecular flexibility index (Phi) is 11.4. The molecule has 1 heterocycles. The lowest BCUT2D eigenvalue weighted by Gasteiger charge is -2.28. The lowest BCUT2D eigenvalue weighted by atomic mass is 10.1. The monoisotopic (exact) mass is 569 g/mol. The number of hydrogen-bond acceptors (Lipinski definition) is 7. The molecule has 1 aromatic carbocycles. The van der Waals surface area contributed by atoms with Gasteiger partial charge in [-0.25, -0.2) is 9.78 Å². The maximum absolute atomic E-state index is 12.9. The molecule has 0 bridgehead atoms. The third-order valence-electron chi connectivity index (χ3n) is 4.94. The third-order valence-corrected chi connectivity index (χ3v) is 6.75. The van der Waals surface area contributed by atoms with Crippen LogP contribution in [0.2, 0.25) is 5.02 Å². The van der Waals surface area contributed by atoms with Crippen molar-refractivity contribution in [3.8, 4) is 5.88 Å². The fraction of sp³-hybridized carbons (Fsp3) is 0.455. The molecule has 2 rings (SSSR count). The van der Waals surface area contributed by atoms with Crippen molar-refractivity contribution in [2.24, 2.45) is 0 Å². The zero-order valence-corrected chi connectivity index (χ0v) is 21.5. The third kappa shape index (κ3) is 9.63. The molecule has 0 fully saturated rings. The summed E-state index contributed by atoms with van der Waals surface area (Å²) < 4.78 is 83.2. The number of ether oxygens (including phenoxy) is 3. The molecule has 1 amide bonds. The van der Waals surface area contributed by atoms with E-state index in [-0.39, 0.29) is 29.8 Å². The number of rotatable bonds is 14. The van der Waals surface area contributed by atoms with Crippen molar-refractivity contribution >= 4 is 27.9 Å². The Labute approximate surface area is 217 Å². The molecule has 0 saturated heterocycles. The minimum absolute atomic E-state index is 0.0538. The van der Waals surface area contributed by atoms with Crippen LogP contribution in [0.25, 0.3) is 0 Å². The summed E-state index contributed by atoms with van der Waals surface area (Å²) in [4.78, 5) is 15.4. The Hall–Kier alpha value is -2.65. The van der Waals surface area contributed by atoms with Crippen molar-refractivity contribution in [1.29, 1.82) is 0 Å². The van der Waals surface area contributed by atoms with E-state index in [1.807, 2.05) is 0 Å². The summed E-state index contributed by atoms with van der Waals surface area (Å²) in [6, 6.07) is 7.65. The number of halogens is 4.